The number of hydrogen-bond donors (Lipinski definition) is 0. The second kappa shape index (κ2) is 4.51. The second-order valence-electron chi connectivity index (χ2n) is 3.15. The van der Waals surface area contributed by atoms with E-state index in [4.69, 9.17) is 0 Å². The minimum Gasteiger partial charge on any atom is -0.298 e. The van der Waals surface area contributed by atoms with Crippen LogP contribution in [0.2, 0.25) is 0 Å². The standard InChI is InChI=1S/C12H12O2/c1-9(7-13)11-5-3-4-6-12(11)10(2)8-14/h3-8H,1-2H3/b11-9+,12-10+. The normalized spacial score (nSPS) is 14.4. The van der Waals surface area contributed by atoms with Gasteiger partial charge in [-0.15, -0.1) is 0 Å². The summed E-state index contributed by atoms with van der Waals surface area (Å²) in [7, 11) is 0. The summed E-state index contributed by atoms with van der Waals surface area (Å²) >= 11 is 0. The van der Waals surface area contributed by atoms with Gasteiger partial charge < -0.3 is 0 Å². The van der Waals surface area contributed by atoms with E-state index in [2.05, 4.69) is 0 Å². The van der Waals surface area contributed by atoms with Crippen molar-refractivity contribution in [3.05, 3.63) is 34.7 Å². The fraction of sp³-hybridized carbons (Fsp3) is 0.167. The van der Waals surface area contributed by atoms with Crippen molar-refractivity contribution in [1.29, 1.82) is 0 Å². The molecule has 72 valence electrons. The summed E-state index contributed by atoms with van der Waals surface area (Å²) in [5.74, 6) is 0. The molecule has 14 heavy (non-hydrogen) atoms. The van der Waals surface area contributed by atoms with Crippen LogP contribution in [0.1, 0.15) is 13.8 Å². The van der Waals surface area contributed by atoms with Crippen LogP contribution in [0.5, 0.6) is 0 Å². The van der Waals surface area contributed by atoms with Crippen molar-refractivity contribution >= 4 is 23.7 Å². The highest BCUT2D eigenvalue weighted by Crippen LogP contribution is 1.85. The molecule has 0 fully saturated rings. The van der Waals surface area contributed by atoms with Crippen LogP contribution in [0, 0.1) is 0 Å². The lowest BCUT2D eigenvalue weighted by atomic mass is 10.1. The molecule has 1 rings (SSSR count). The van der Waals surface area contributed by atoms with Crippen molar-refractivity contribution in [3.8, 4) is 0 Å². The van der Waals surface area contributed by atoms with E-state index in [9.17, 15) is 9.59 Å². The Bertz CT molecular complexity index is 424. The zero-order valence-corrected chi connectivity index (χ0v) is 8.28. The van der Waals surface area contributed by atoms with Gasteiger partial charge >= 0.3 is 0 Å². The molecule has 0 N–H and O–H groups in total. The van der Waals surface area contributed by atoms with Crippen LogP contribution < -0.4 is 10.4 Å². The number of benzene rings is 1. The van der Waals surface area contributed by atoms with E-state index >= 15 is 0 Å². The highest BCUT2D eigenvalue weighted by molar-refractivity contribution is 6.00. The molecule has 0 radical (unpaired) electrons. The van der Waals surface area contributed by atoms with Crippen LogP contribution in [0.15, 0.2) is 24.3 Å². The quantitative estimate of drug-likeness (QED) is 0.630. The predicted molar refractivity (Wildman–Crippen MR) is 56.0 cm³/mol. The molecule has 0 heterocycles. The zero-order valence-electron chi connectivity index (χ0n) is 8.28. The highest BCUT2D eigenvalue weighted by atomic mass is 16.1. The fourth-order valence-electron chi connectivity index (χ4n) is 1.30. The van der Waals surface area contributed by atoms with E-state index in [0.29, 0.717) is 11.1 Å². The molecule has 1 aromatic rings. The Kier molecular flexibility index (Phi) is 3.35. The van der Waals surface area contributed by atoms with Crippen molar-refractivity contribution in [3.63, 3.8) is 0 Å². The molecule has 0 unspecified atom stereocenters. The summed E-state index contributed by atoms with van der Waals surface area (Å²) in [6.45, 7) is 3.48. The van der Waals surface area contributed by atoms with Crippen molar-refractivity contribution in [1.82, 2.24) is 0 Å². The van der Waals surface area contributed by atoms with Crippen molar-refractivity contribution in [2.24, 2.45) is 0 Å². The number of rotatable bonds is 2. The molecule has 0 aromatic heterocycles. The van der Waals surface area contributed by atoms with Gasteiger partial charge in [0.2, 0.25) is 0 Å². The van der Waals surface area contributed by atoms with Crippen molar-refractivity contribution < 1.29 is 9.59 Å². The van der Waals surface area contributed by atoms with Crippen LogP contribution in [-0.2, 0) is 9.59 Å². The average Bonchev–Trinajstić information content (AvgIpc) is 2.27. The van der Waals surface area contributed by atoms with E-state index in [1.165, 1.54) is 0 Å². The first-order valence-electron chi connectivity index (χ1n) is 4.38. The topological polar surface area (TPSA) is 34.1 Å². The van der Waals surface area contributed by atoms with E-state index in [-0.39, 0.29) is 0 Å². The monoisotopic (exact) mass is 188 g/mol. The van der Waals surface area contributed by atoms with E-state index in [1.807, 2.05) is 24.3 Å². The lowest BCUT2D eigenvalue weighted by molar-refractivity contribution is -0.104. The zero-order chi connectivity index (χ0) is 10.6. The largest absolute Gasteiger partial charge is 0.298 e. The van der Waals surface area contributed by atoms with Gasteiger partial charge in [-0.05, 0) is 35.4 Å². The number of aldehydes is 2. The Morgan fingerprint density at radius 2 is 1.29 bits per heavy atom. The molecule has 0 bridgehead atoms. The Hall–Kier alpha value is -1.70. The molecule has 0 aliphatic heterocycles. The summed E-state index contributed by atoms with van der Waals surface area (Å²) in [4.78, 5) is 21.3. The van der Waals surface area contributed by atoms with E-state index < -0.39 is 0 Å². The maximum atomic E-state index is 10.6. The first-order chi connectivity index (χ1) is 6.70. The Balaban J connectivity index is 3.80. The van der Waals surface area contributed by atoms with Gasteiger partial charge in [0.15, 0.2) is 0 Å². The molecule has 0 atom stereocenters. The molecule has 0 saturated heterocycles. The molecule has 0 spiro atoms. The molecule has 1 aromatic carbocycles. The summed E-state index contributed by atoms with van der Waals surface area (Å²) in [5, 5.41) is 1.65. The number of hydrogen-bond acceptors (Lipinski definition) is 2. The van der Waals surface area contributed by atoms with Crippen LogP contribution >= 0.6 is 0 Å². The van der Waals surface area contributed by atoms with Crippen LogP contribution in [-0.4, -0.2) is 12.6 Å². The molecular formula is C12H12O2. The van der Waals surface area contributed by atoms with Gasteiger partial charge in [0.25, 0.3) is 0 Å². The van der Waals surface area contributed by atoms with Crippen molar-refractivity contribution in [2.45, 2.75) is 13.8 Å². The third-order valence-corrected chi connectivity index (χ3v) is 2.13. The summed E-state index contributed by atoms with van der Waals surface area (Å²) in [6, 6.07) is 7.38. The van der Waals surface area contributed by atoms with Gasteiger partial charge in [-0.3, -0.25) is 9.59 Å². The van der Waals surface area contributed by atoms with Gasteiger partial charge in [0.05, 0.1) is 0 Å². The third kappa shape index (κ3) is 1.96. The molecule has 0 amide bonds. The van der Waals surface area contributed by atoms with Gasteiger partial charge in [0, 0.05) is 0 Å². The van der Waals surface area contributed by atoms with Crippen LogP contribution in [0.4, 0.5) is 0 Å². The second-order valence-corrected chi connectivity index (χ2v) is 3.15. The van der Waals surface area contributed by atoms with E-state index in [1.54, 1.807) is 13.8 Å². The SMILES string of the molecule is C/C(C=O)=c1/cccc/c1=C(/C)C=O. The summed E-state index contributed by atoms with van der Waals surface area (Å²) in [5.41, 5.74) is 1.28. The molecule has 0 aliphatic carbocycles. The lowest BCUT2D eigenvalue weighted by Gasteiger charge is -1.94. The van der Waals surface area contributed by atoms with E-state index in [0.717, 1.165) is 23.0 Å². The minimum absolute atomic E-state index is 0.641. The number of carbonyl (C=O) groups excluding carboxylic acids is 2. The van der Waals surface area contributed by atoms with Crippen molar-refractivity contribution in [2.75, 3.05) is 0 Å². The Labute approximate surface area is 82.6 Å². The number of carbonyl (C=O) groups is 2. The maximum Gasteiger partial charge on any atom is 0.146 e. The highest BCUT2D eigenvalue weighted by Gasteiger charge is 1.93. The van der Waals surface area contributed by atoms with Gasteiger partial charge in [-0.1, -0.05) is 24.3 Å². The molecular weight excluding hydrogens is 176 g/mol. The molecule has 0 aliphatic rings. The Morgan fingerprint density at radius 3 is 1.57 bits per heavy atom. The van der Waals surface area contributed by atoms with Crippen LogP contribution in [0.25, 0.3) is 11.1 Å². The molecule has 0 saturated carbocycles. The minimum atomic E-state index is 0.641. The van der Waals surface area contributed by atoms with Gasteiger partial charge in [-0.2, -0.15) is 0 Å². The third-order valence-electron chi connectivity index (χ3n) is 2.13. The smallest absolute Gasteiger partial charge is 0.146 e. The summed E-state index contributed by atoms with van der Waals surface area (Å²) < 4.78 is 0. The molecule has 2 heteroatoms. The van der Waals surface area contributed by atoms with Gasteiger partial charge in [-0.25, -0.2) is 0 Å². The Morgan fingerprint density at radius 1 is 0.929 bits per heavy atom. The average molecular weight is 188 g/mol. The van der Waals surface area contributed by atoms with Gasteiger partial charge in [0.1, 0.15) is 12.6 Å². The first-order valence-corrected chi connectivity index (χ1v) is 4.38. The first kappa shape index (κ1) is 10.4. The fourth-order valence-corrected chi connectivity index (χ4v) is 1.30. The molecule has 2 nitrogen and oxygen atoms in total. The summed E-state index contributed by atoms with van der Waals surface area (Å²) in [6.07, 6.45) is 1.60. The lowest BCUT2D eigenvalue weighted by Crippen LogP contribution is -2.28. The predicted octanol–water partition coefficient (Wildman–Crippen LogP) is 0.426. The maximum absolute atomic E-state index is 10.6. The van der Waals surface area contributed by atoms with Crippen LogP contribution in [0.3, 0.4) is 0 Å².